The van der Waals surface area contributed by atoms with E-state index in [0.29, 0.717) is 13.0 Å². The van der Waals surface area contributed by atoms with Gasteiger partial charge >= 0.3 is 0 Å². The minimum Gasteiger partial charge on any atom is -0.352 e. The number of hydrogen-bond acceptors (Lipinski definition) is 2. The van der Waals surface area contributed by atoms with Crippen molar-refractivity contribution in [3.63, 3.8) is 0 Å². The molecule has 1 aliphatic rings. The summed E-state index contributed by atoms with van der Waals surface area (Å²) in [4.78, 5) is 27.9. The Bertz CT molecular complexity index is 855. The van der Waals surface area contributed by atoms with Gasteiger partial charge in [-0.2, -0.15) is 0 Å². The van der Waals surface area contributed by atoms with Gasteiger partial charge in [-0.15, -0.1) is 0 Å². The van der Waals surface area contributed by atoms with Crippen molar-refractivity contribution < 1.29 is 9.59 Å². The summed E-state index contributed by atoms with van der Waals surface area (Å²) in [6.45, 7) is 6.34. The molecule has 29 heavy (non-hydrogen) atoms. The van der Waals surface area contributed by atoms with Crippen LogP contribution >= 0.6 is 0 Å². The molecule has 2 aromatic carbocycles. The number of aryl methyl sites for hydroxylation is 2. The van der Waals surface area contributed by atoms with Crippen LogP contribution in [0.25, 0.3) is 0 Å². The zero-order chi connectivity index (χ0) is 20.8. The molecular formula is C25H32N2O2. The average Bonchev–Trinajstić information content (AvgIpc) is 3.18. The summed E-state index contributed by atoms with van der Waals surface area (Å²) in [6.07, 6.45) is 4.70. The van der Waals surface area contributed by atoms with E-state index in [4.69, 9.17) is 0 Å². The molecule has 0 saturated heterocycles. The van der Waals surface area contributed by atoms with E-state index in [1.165, 1.54) is 12.8 Å². The Balaban J connectivity index is 1.77. The number of rotatable bonds is 7. The highest BCUT2D eigenvalue weighted by Gasteiger charge is 2.28. The minimum absolute atomic E-state index is 0.0221. The predicted molar refractivity (Wildman–Crippen MR) is 116 cm³/mol. The summed E-state index contributed by atoms with van der Waals surface area (Å²) in [5.74, 6) is -0.0756. The molecule has 0 radical (unpaired) electrons. The van der Waals surface area contributed by atoms with E-state index < -0.39 is 6.04 Å². The van der Waals surface area contributed by atoms with Crippen LogP contribution in [0.15, 0.2) is 48.5 Å². The highest BCUT2D eigenvalue weighted by molar-refractivity contribution is 5.88. The fraction of sp³-hybridized carbons (Fsp3) is 0.440. The van der Waals surface area contributed by atoms with Crippen LogP contribution in [0, 0.1) is 13.8 Å². The Morgan fingerprint density at radius 3 is 2.21 bits per heavy atom. The van der Waals surface area contributed by atoms with Crippen molar-refractivity contribution in [3.8, 4) is 0 Å². The molecule has 0 aromatic heterocycles. The largest absolute Gasteiger partial charge is 0.352 e. The third-order valence-electron chi connectivity index (χ3n) is 5.74. The molecule has 1 fully saturated rings. The van der Waals surface area contributed by atoms with E-state index in [-0.39, 0.29) is 17.9 Å². The average molecular weight is 393 g/mol. The molecule has 154 valence electrons. The van der Waals surface area contributed by atoms with Gasteiger partial charge in [0.05, 0.1) is 6.42 Å². The lowest BCUT2D eigenvalue weighted by atomic mass is 10.1. The third-order valence-corrected chi connectivity index (χ3v) is 5.74. The minimum atomic E-state index is -0.506. The van der Waals surface area contributed by atoms with Crippen LogP contribution in [-0.4, -0.2) is 28.8 Å². The summed E-state index contributed by atoms with van der Waals surface area (Å²) in [6, 6.07) is 15.9. The van der Waals surface area contributed by atoms with Gasteiger partial charge in [0.2, 0.25) is 11.8 Å². The van der Waals surface area contributed by atoms with Crippen molar-refractivity contribution in [2.45, 2.75) is 71.5 Å². The molecule has 1 aliphatic carbocycles. The van der Waals surface area contributed by atoms with Gasteiger partial charge in [-0.3, -0.25) is 9.59 Å². The number of carbonyl (C=O) groups excluding carboxylic acids is 2. The van der Waals surface area contributed by atoms with E-state index in [9.17, 15) is 9.59 Å². The molecule has 0 bridgehead atoms. The fourth-order valence-electron chi connectivity index (χ4n) is 4.08. The standard InChI is InChI=1S/C25H32N2O2/c1-18-8-6-10-21(14-18)16-24(28)27(17-22-11-7-9-19(2)15-22)20(3)25(29)26-23-12-4-5-13-23/h6-11,14-15,20,23H,4-5,12-13,16-17H2,1-3H3,(H,26,29)/t20-/m1/s1. The molecule has 2 amide bonds. The van der Waals surface area contributed by atoms with Crippen LogP contribution in [0.5, 0.6) is 0 Å². The molecule has 0 heterocycles. The Kier molecular flexibility index (Phi) is 7.08. The zero-order valence-corrected chi connectivity index (χ0v) is 17.8. The normalized spacial score (nSPS) is 15.1. The lowest BCUT2D eigenvalue weighted by Crippen LogP contribution is -2.50. The second kappa shape index (κ2) is 9.73. The first-order valence-corrected chi connectivity index (χ1v) is 10.6. The number of nitrogens with one attached hydrogen (secondary N) is 1. The number of carbonyl (C=O) groups is 2. The van der Waals surface area contributed by atoms with E-state index in [1.807, 2.05) is 63.2 Å². The smallest absolute Gasteiger partial charge is 0.242 e. The van der Waals surface area contributed by atoms with Gasteiger partial charge in [0, 0.05) is 12.6 Å². The molecular weight excluding hydrogens is 360 g/mol. The fourth-order valence-corrected chi connectivity index (χ4v) is 4.08. The molecule has 4 nitrogen and oxygen atoms in total. The lowest BCUT2D eigenvalue weighted by Gasteiger charge is -2.30. The maximum Gasteiger partial charge on any atom is 0.242 e. The van der Waals surface area contributed by atoms with Gasteiger partial charge in [-0.1, -0.05) is 72.5 Å². The van der Waals surface area contributed by atoms with E-state index in [0.717, 1.165) is 35.1 Å². The quantitative estimate of drug-likeness (QED) is 0.763. The topological polar surface area (TPSA) is 49.4 Å². The third kappa shape index (κ3) is 5.93. The van der Waals surface area contributed by atoms with E-state index >= 15 is 0 Å². The molecule has 4 heteroatoms. The zero-order valence-electron chi connectivity index (χ0n) is 17.8. The van der Waals surface area contributed by atoms with Crippen molar-refractivity contribution in [2.75, 3.05) is 0 Å². The molecule has 0 aliphatic heterocycles. The summed E-state index contributed by atoms with van der Waals surface area (Å²) < 4.78 is 0. The lowest BCUT2D eigenvalue weighted by molar-refractivity contribution is -0.140. The van der Waals surface area contributed by atoms with Gasteiger partial charge in [0.25, 0.3) is 0 Å². The summed E-state index contributed by atoms with van der Waals surface area (Å²) in [5, 5.41) is 3.15. The van der Waals surface area contributed by atoms with Crippen LogP contribution < -0.4 is 5.32 Å². The highest BCUT2D eigenvalue weighted by atomic mass is 16.2. The maximum atomic E-state index is 13.2. The first-order chi connectivity index (χ1) is 13.9. The van der Waals surface area contributed by atoms with E-state index in [2.05, 4.69) is 11.4 Å². The molecule has 1 saturated carbocycles. The van der Waals surface area contributed by atoms with Crippen molar-refractivity contribution >= 4 is 11.8 Å². The van der Waals surface area contributed by atoms with Crippen LogP contribution in [0.3, 0.4) is 0 Å². The van der Waals surface area contributed by atoms with Gasteiger partial charge in [0.15, 0.2) is 0 Å². The van der Waals surface area contributed by atoms with Gasteiger partial charge in [-0.05, 0) is 44.7 Å². The second-order valence-electron chi connectivity index (χ2n) is 8.34. The first kappa shape index (κ1) is 21.1. The van der Waals surface area contributed by atoms with Crippen molar-refractivity contribution in [2.24, 2.45) is 0 Å². The summed E-state index contributed by atoms with van der Waals surface area (Å²) in [7, 11) is 0. The molecule has 1 atom stereocenters. The SMILES string of the molecule is Cc1cccc(CC(=O)N(Cc2cccc(C)c2)[C@H](C)C(=O)NC2CCCC2)c1. The Morgan fingerprint density at radius 2 is 1.59 bits per heavy atom. The van der Waals surface area contributed by atoms with Crippen molar-refractivity contribution in [1.29, 1.82) is 0 Å². The van der Waals surface area contributed by atoms with Crippen LogP contribution in [0.4, 0.5) is 0 Å². The number of amides is 2. The highest BCUT2D eigenvalue weighted by Crippen LogP contribution is 2.19. The van der Waals surface area contributed by atoms with Gasteiger partial charge < -0.3 is 10.2 Å². The number of hydrogen-bond donors (Lipinski definition) is 1. The first-order valence-electron chi connectivity index (χ1n) is 10.6. The molecule has 1 N–H and O–H groups in total. The monoisotopic (exact) mass is 392 g/mol. The Hall–Kier alpha value is -2.62. The Labute approximate surface area is 174 Å². The Morgan fingerprint density at radius 1 is 1.00 bits per heavy atom. The molecule has 0 spiro atoms. The molecule has 2 aromatic rings. The number of nitrogens with zero attached hydrogens (tertiary/aromatic N) is 1. The molecule has 0 unspecified atom stereocenters. The van der Waals surface area contributed by atoms with Crippen LogP contribution in [0.1, 0.15) is 54.9 Å². The van der Waals surface area contributed by atoms with Gasteiger partial charge in [-0.25, -0.2) is 0 Å². The summed E-state index contributed by atoms with van der Waals surface area (Å²) >= 11 is 0. The van der Waals surface area contributed by atoms with Gasteiger partial charge in [0.1, 0.15) is 6.04 Å². The summed E-state index contributed by atoms with van der Waals surface area (Å²) in [5.41, 5.74) is 4.31. The maximum absolute atomic E-state index is 13.2. The second-order valence-corrected chi connectivity index (χ2v) is 8.34. The van der Waals surface area contributed by atoms with Crippen molar-refractivity contribution in [3.05, 3.63) is 70.8 Å². The van der Waals surface area contributed by atoms with E-state index in [1.54, 1.807) is 4.90 Å². The van der Waals surface area contributed by atoms with Crippen molar-refractivity contribution in [1.82, 2.24) is 10.2 Å². The van der Waals surface area contributed by atoms with Crippen LogP contribution in [-0.2, 0) is 22.6 Å². The molecule has 3 rings (SSSR count). The predicted octanol–water partition coefficient (Wildman–Crippen LogP) is 4.32. The van der Waals surface area contributed by atoms with Crippen LogP contribution in [0.2, 0.25) is 0 Å². The number of benzene rings is 2.